The van der Waals surface area contributed by atoms with Gasteiger partial charge in [0.1, 0.15) is 0 Å². The zero-order chi connectivity index (χ0) is 12.7. The van der Waals surface area contributed by atoms with E-state index in [1.54, 1.807) is 4.68 Å². The molecule has 5 heteroatoms. The standard InChI is InChI=1S/C13H11ClN4/c1-8-9(2)13(17-16-12(8)14)18-11-6-4-3-5-10(11)7-15-18/h3-7H,1-2H3. The maximum atomic E-state index is 5.96. The van der Waals surface area contributed by atoms with Gasteiger partial charge in [-0.05, 0) is 25.5 Å². The van der Waals surface area contributed by atoms with E-state index in [-0.39, 0.29) is 0 Å². The summed E-state index contributed by atoms with van der Waals surface area (Å²) in [7, 11) is 0. The number of halogens is 1. The van der Waals surface area contributed by atoms with Crippen LogP contribution in [-0.4, -0.2) is 20.0 Å². The molecule has 0 fully saturated rings. The zero-order valence-corrected chi connectivity index (χ0v) is 10.8. The largest absolute Gasteiger partial charge is 0.213 e. The molecular formula is C13H11ClN4. The van der Waals surface area contributed by atoms with Crippen LogP contribution in [0.5, 0.6) is 0 Å². The van der Waals surface area contributed by atoms with E-state index in [4.69, 9.17) is 11.6 Å². The first-order chi connectivity index (χ1) is 8.68. The van der Waals surface area contributed by atoms with Crippen LogP contribution in [0.2, 0.25) is 5.15 Å². The second-order valence-electron chi connectivity index (χ2n) is 4.18. The average Bonchev–Trinajstić information content (AvgIpc) is 2.80. The Hall–Kier alpha value is -1.94. The summed E-state index contributed by atoms with van der Waals surface area (Å²) in [6.07, 6.45) is 1.82. The number of hydrogen-bond acceptors (Lipinski definition) is 3. The summed E-state index contributed by atoms with van der Waals surface area (Å²) in [5, 5.41) is 14.0. The maximum absolute atomic E-state index is 5.96. The van der Waals surface area contributed by atoms with Gasteiger partial charge in [-0.2, -0.15) is 5.10 Å². The fourth-order valence-electron chi connectivity index (χ4n) is 1.91. The highest BCUT2D eigenvalue weighted by Crippen LogP contribution is 2.22. The fraction of sp³-hybridized carbons (Fsp3) is 0.154. The van der Waals surface area contributed by atoms with Crippen LogP contribution in [0.1, 0.15) is 11.1 Å². The number of nitrogens with zero attached hydrogens (tertiary/aromatic N) is 4. The van der Waals surface area contributed by atoms with Gasteiger partial charge in [-0.1, -0.05) is 29.8 Å². The smallest absolute Gasteiger partial charge is 0.179 e. The number of aromatic nitrogens is 4. The van der Waals surface area contributed by atoms with Gasteiger partial charge in [-0.25, -0.2) is 4.68 Å². The molecule has 90 valence electrons. The van der Waals surface area contributed by atoms with Gasteiger partial charge in [0.15, 0.2) is 11.0 Å². The molecule has 1 aromatic carbocycles. The van der Waals surface area contributed by atoms with Crippen molar-refractivity contribution in [1.82, 2.24) is 20.0 Å². The second-order valence-corrected chi connectivity index (χ2v) is 4.54. The highest BCUT2D eigenvalue weighted by molar-refractivity contribution is 6.30. The molecule has 0 saturated carbocycles. The van der Waals surface area contributed by atoms with Gasteiger partial charge in [0, 0.05) is 10.9 Å². The molecule has 0 N–H and O–H groups in total. The van der Waals surface area contributed by atoms with Gasteiger partial charge in [0.05, 0.1) is 11.7 Å². The molecule has 0 atom stereocenters. The molecule has 2 aromatic heterocycles. The normalized spacial score (nSPS) is 11.1. The van der Waals surface area contributed by atoms with Crippen LogP contribution < -0.4 is 0 Å². The third kappa shape index (κ3) is 1.57. The fourth-order valence-corrected chi connectivity index (χ4v) is 2.08. The Morgan fingerprint density at radius 1 is 1.06 bits per heavy atom. The van der Waals surface area contributed by atoms with Gasteiger partial charge in [-0.15, -0.1) is 10.2 Å². The van der Waals surface area contributed by atoms with E-state index in [9.17, 15) is 0 Å². The number of rotatable bonds is 1. The number of para-hydroxylation sites is 1. The van der Waals surface area contributed by atoms with Gasteiger partial charge in [0.2, 0.25) is 0 Å². The van der Waals surface area contributed by atoms with E-state index < -0.39 is 0 Å². The number of benzene rings is 1. The first-order valence-corrected chi connectivity index (χ1v) is 5.99. The van der Waals surface area contributed by atoms with Gasteiger partial charge in [0.25, 0.3) is 0 Å². The minimum Gasteiger partial charge on any atom is -0.213 e. The predicted molar refractivity (Wildman–Crippen MR) is 71.1 cm³/mol. The van der Waals surface area contributed by atoms with Crippen molar-refractivity contribution in [2.24, 2.45) is 0 Å². The van der Waals surface area contributed by atoms with E-state index in [0.29, 0.717) is 5.15 Å². The Bertz CT molecular complexity index is 733. The van der Waals surface area contributed by atoms with E-state index in [2.05, 4.69) is 15.3 Å². The quantitative estimate of drug-likeness (QED) is 0.674. The Morgan fingerprint density at radius 3 is 2.67 bits per heavy atom. The molecule has 4 nitrogen and oxygen atoms in total. The van der Waals surface area contributed by atoms with Crippen molar-refractivity contribution in [3.8, 4) is 5.82 Å². The minimum absolute atomic E-state index is 0.438. The lowest BCUT2D eigenvalue weighted by Gasteiger charge is -2.08. The summed E-state index contributed by atoms with van der Waals surface area (Å²) < 4.78 is 1.79. The summed E-state index contributed by atoms with van der Waals surface area (Å²) in [4.78, 5) is 0. The van der Waals surface area contributed by atoms with Crippen molar-refractivity contribution in [3.63, 3.8) is 0 Å². The van der Waals surface area contributed by atoms with Gasteiger partial charge >= 0.3 is 0 Å². The molecule has 0 spiro atoms. The summed E-state index contributed by atoms with van der Waals surface area (Å²) in [5.74, 6) is 0.720. The molecule has 0 aliphatic heterocycles. The van der Waals surface area contributed by atoms with Gasteiger partial charge in [-0.3, -0.25) is 0 Å². The topological polar surface area (TPSA) is 43.6 Å². The molecule has 3 aromatic rings. The molecule has 0 aliphatic rings. The molecule has 0 saturated heterocycles. The highest BCUT2D eigenvalue weighted by atomic mass is 35.5. The lowest BCUT2D eigenvalue weighted by molar-refractivity contribution is 0.821. The van der Waals surface area contributed by atoms with Crippen LogP contribution in [0.3, 0.4) is 0 Å². The van der Waals surface area contributed by atoms with Crippen LogP contribution >= 0.6 is 11.6 Å². The van der Waals surface area contributed by atoms with Crippen LogP contribution in [0.15, 0.2) is 30.5 Å². The third-order valence-electron chi connectivity index (χ3n) is 3.12. The zero-order valence-electron chi connectivity index (χ0n) is 10.1. The number of fused-ring (bicyclic) bond motifs is 1. The highest BCUT2D eigenvalue weighted by Gasteiger charge is 2.12. The Morgan fingerprint density at radius 2 is 1.83 bits per heavy atom. The molecule has 0 radical (unpaired) electrons. The van der Waals surface area contributed by atoms with Crippen molar-refractivity contribution in [2.45, 2.75) is 13.8 Å². The first-order valence-electron chi connectivity index (χ1n) is 5.61. The van der Waals surface area contributed by atoms with Crippen molar-refractivity contribution >= 4 is 22.5 Å². The van der Waals surface area contributed by atoms with E-state index in [1.807, 2.05) is 44.3 Å². The van der Waals surface area contributed by atoms with Crippen LogP contribution in [0.25, 0.3) is 16.7 Å². The second kappa shape index (κ2) is 4.07. The lowest BCUT2D eigenvalue weighted by Crippen LogP contribution is -2.05. The Labute approximate surface area is 109 Å². The molecule has 0 unspecified atom stereocenters. The summed E-state index contributed by atoms with van der Waals surface area (Å²) in [6, 6.07) is 7.99. The SMILES string of the molecule is Cc1c(Cl)nnc(-n2ncc3ccccc32)c1C. The van der Waals surface area contributed by atoms with E-state index >= 15 is 0 Å². The van der Waals surface area contributed by atoms with Crippen LogP contribution in [0, 0.1) is 13.8 Å². The molecule has 3 rings (SSSR count). The predicted octanol–water partition coefficient (Wildman–Crippen LogP) is 3.09. The Kier molecular flexibility index (Phi) is 2.52. The number of hydrogen-bond donors (Lipinski definition) is 0. The monoisotopic (exact) mass is 258 g/mol. The van der Waals surface area contributed by atoms with Crippen LogP contribution in [-0.2, 0) is 0 Å². The molecule has 0 bridgehead atoms. The summed E-state index contributed by atoms with van der Waals surface area (Å²) in [5.41, 5.74) is 2.93. The van der Waals surface area contributed by atoms with Crippen molar-refractivity contribution in [1.29, 1.82) is 0 Å². The molecule has 0 aliphatic carbocycles. The van der Waals surface area contributed by atoms with Crippen molar-refractivity contribution in [2.75, 3.05) is 0 Å². The third-order valence-corrected chi connectivity index (χ3v) is 3.48. The first kappa shape index (κ1) is 11.2. The molecular weight excluding hydrogens is 248 g/mol. The maximum Gasteiger partial charge on any atom is 0.179 e. The average molecular weight is 259 g/mol. The minimum atomic E-state index is 0.438. The summed E-state index contributed by atoms with van der Waals surface area (Å²) >= 11 is 5.96. The van der Waals surface area contributed by atoms with Crippen molar-refractivity contribution < 1.29 is 0 Å². The summed E-state index contributed by atoms with van der Waals surface area (Å²) in [6.45, 7) is 3.91. The molecule has 2 heterocycles. The Balaban J connectivity index is 2.30. The van der Waals surface area contributed by atoms with E-state index in [0.717, 1.165) is 27.8 Å². The van der Waals surface area contributed by atoms with E-state index in [1.165, 1.54) is 0 Å². The van der Waals surface area contributed by atoms with Gasteiger partial charge < -0.3 is 0 Å². The molecule has 0 amide bonds. The van der Waals surface area contributed by atoms with Crippen LogP contribution in [0.4, 0.5) is 0 Å². The lowest BCUT2D eigenvalue weighted by atomic mass is 10.2. The molecule has 18 heavy (non-hydrogen) atoms. The van der Waals surface area contributed by atoms with Crippen molar-refractivity contribution in [3.05, 3.63) is 46.7 Å².